The lowest BCUT2D eigenvalue weighted by molar-refractivity contribution is -0.137. The van der Waals surface area contributed by atoms with E-state index < -0.39 is 5.97 Å². The third-order valence-corrected chi connectivity index (χ3v) is 3.30. The van der Waals surface area contributed by atoms with Gasteiger partial charge in [-0.3, -0.25) is 4.79 Å². The second kappa shape index (κ2) is 7.17. The van der Waals surface area contributed by atoms with Gasteiger partial charge < -0.3 is 10.0 Å². The molecule has 1 unspecified atom stereocenters. The molecule has 0 fully saturated rings. The van der Waals surface area contributed by atoms with Gasteiger partial charge in [-0.2, -0.15) is 0 Å². The summed E-state index contributed by atoms with van der Waals surface area (Å²) in [6.45, 7) is 4.97. The summed E-state index contributed by atoms with van der Waals surface area (Å²) in [6, 6.07) is 10.7. The van der Waals surface area contributed by atoms with Gasteiger partial charge >= 0.3 is 5.97 Å². The van der Waals surface area contributed by atoms with Crippen LogP contribution in [0.4, 0.5) is 0 Å². The fraction of sp³-hybridized carbons (Fsp3) is 0.533. The molecule has 1 aromatic rings. The molecule has 0 saturated heterocycles. The van der Waals surface area contributed by atoms with Crippen molar-refractivity contribution in [3.05, 3.63) is 35.9 Å². The Labute approximate surface area is 109 Å². The first kappa shape index (κ1) is 14.7. The summed E-state index contributed by atoms with van der Waals surface area (Å²) < 4.78 is 0. The number of carbonyl (C=O) groups is 1. The highest BCUT2D eigenvalue weighted by molar-refractivity contribution is 5.66. The summed E-state index contributed by atoms with van der Waals surface area (Å²) in [7, 11) is 2.01. The Bertz CT molecular complexity index is 362. The zero-order chi connectivity index (χ0) is 13.5. The number of carboxylic acids is 1. The minimum absolute atomic E-state index is 0.203. The fourth-order valence-electron chi connectivity index (χ4n) is 2.19. The number of aliphatic carboxylic acids is 1. The first-order chi connectivity index (χ1) is 8.50. The molecule has 3 heteroatoms. The van der Waals surface area contributed by atoms with E-state index in [9.17, 15) is 4.79 Å². The van der Waals surface area contributed by atoms with Crippen LogP contribution in [0.5, 0.6) is 0 Å². The van der Waals surface area contributed by atoms with Crippen LogP contribution in [0.15, 0.2) is 30.3 Å². The van der Waals surface area contributed by atoms with Gasteiger partial charge in [-0.25, -0.2) is 0 Å². The largest absolute Gasteiger partial charge is 0.481 e. The van der Waals surface area contributed by atoms with E-state index in [1.807, 2.05) is 25.2 Å². The quantitative estimate of drug-likeness (QED) is 0.807. The highest BCUT2D eigenvalue weighted by Gasteiger charge is 2.19. The second-order valence-corrected chi connectivity index (χ2v) is 5.13. The van der Waals surface area contributed by atoms with Crippen molar-refractivity contribution in [1.29, 1.82) is 0 Å². The van der Waals surface area contributed by atoms with Crippen molar-refractivity contribution in [2.24, 2.45) is 5.92 Å². The van der Waals surface area contributed by atoms with Gasteiger partial charge in [0.2, 0.25) is 0 Å². The van der Waals surface area contributed by atoms with Crippen LogP contribution in [-0.2, 0) is 11.2 Å². The molecule has 1 rings (SSSR count). The maximum atomic E-state index is 10.6. The Balaban J connectivity index is 2.62. The van der Waals surface area contributed by atoms with Gasteiger partial charge in [-0.05, 0) is 24.9 Å². The van der Waals surface area contributed by atoms with Gasteiger partial charge in [0.05, 0.1) is 6.42 Å². The molecule has 0 bridgehead atoms. The van der Waals surface area contributed by atoms with Crippen LogP contribution in [0.25, 0.3) is 0 Å². The lowest BCUT2D eigenvalue weighted by Crippen LogP contribution is -2.38. The van der Waals surface area contributed by atoms with Crippen LogP contribution in [0.1, 0.15) is 25.8 Å². The third kappa shape index (κ3) is 4.88. The van der Waals surface area contributed by atoms with E-state index in [-0.39, 0.29) is 6.42 Å². The number of carboxylic acid groups (broad SMARTS) is 1. The molecule has 1 aromatic carbocycles. The van der Waals surface area contributed by atoms with Crippen LogP contribution < -0.4 is 0 Å². The highest BCUT2D eigenvalue weighted by atomic mass is 16.4. The van der Waals surface area contributed by atoms with E-state index in [4.69, 9.17) is 5.11 Å². The number of likely N-dealkylation sites (N-methyl/N-ethyl adjacent to an activating group) is 1. The zero-order valence-electron chi connectivity index (χ0n) is 11.5. The molecule has 1 N–H and O–H groups in total. The Morgan fingerprint density at radius 3 is 2.39 bits per heavy atom. The van der Waals surface area contributed by atoms with Gasteiger partial charge in [-0.15, -0.1) is 0 Å². The van der Waals surface area contributed by atoms with Crippen LogP contribution in [-0.4, -0.2) is 35.6 Å². The van der Waals surface area contributed by atoms with Crippen molar-refractivity contribution in [1.82, 2.24) is 4.90 Å². The number of benzene rings is 1. The van der Waals surface area contributed by atoms with Crippen LogP contribution in [0.3, 0.4) is 0 Å². The Kier molecular flexibility index (Phi) is 5.86. The predicted octanol–water partition coefficient (Wildman–Crippen LogP) is 2.66. The third-order valence-electron chi connectivity index (χ3n) is 3.30. The van der Waals surface area contributed by atoms with Crippen LogP contribution >= 0.6 is 0 Å². The topological polar surface area (TPSA) is 40.5 Å². The monoisotopic (exact) mass is 249 g/mol. The van der Waals surface area contributed by atoms with E-state index in [1.54, 1.807) is 0 Å². The average Bonchev–Trinajstić information content (AvgIpc) is 2.34. The number of hydrogen-bond acceptors (Lipinski definition) is 2. The van der Waals surface area contributed by atoms with Crippen molar-refractivity contribution in [2.45, 2.75) is 32.7 Å². The van der Waals surface area contributed by atoms with Gasteiger partial charge in [0, 0.05) is 12.6 Å². The SMILES string of the molecule is CC(C)C(Cc1ccccc1)N(C)CCC(=O)O. The standard InChI is InChI=1S/C15H23NO2/c1-12(2)14(16(3)10-9-15(17)18)11-13-7-5-4-6-8-13/h4-8,12,14H,9-11H2,1-3H3,(H,17,18). The molecule has 0 saturated carbocycles. The summed E-state index contributed by atoms with van der Waals surface area (Å²) in [4.78, 5) is 12.8. The summed E-state index contributed by atoms with van der Waals surface area (Å²) in [5.41, 5.74) is 1.30. The van der Waals surface area contributed by atoms with Gasteiger partial charge in [-0.1, -0.05) is 44.2 Å². The van der Waals surface area contributed by atoms with Crippen molar-refractivity contribution in [2.75, 3.05) is 13.6 Å². The normalized spacial score (nSPS) is 12.9. The summed E-state index contributed by atoms with van der Waals surface area (Å²) >= 11 is 0. The van der Waals surface area contributed by atoms with Gasteiger partial charge in [0.15, 0.2) is 0 Å². The lowest BCUT2D eigenvalue weighted by Gasteiger charge is -2.31. The summed E-state index contributed by atoms with van der Waals surface area (Å²) in [6.07, 6.45) is 1.17. The first-order valence-electron chi connectivity index (χ1n) is 6.46. The maximum absolute atomic E-state index is 10.6. The molecule has 100 valence electrons. The maximum Gasteiger partial charge on any atom is 0.304 e. The first-order valence-corrected chi connectivity index (χ1v) is 6.46. The molecule has 0 aliphatic carbocycles. The van der Waals surface area contributed by atoms with Crippen molar-refractivity contribution in [3.8, 4) is 0 Å². The zero-order valence-corrected chi connectivity index (χ0v) is 11.5. The molecular formula is C15H23NO2. The number of rotatable bonds is 7. The number of hydrogen-bond donors (Lipinski definition) is 1. The molecule has 0 amide bonds. The second-order valence-electron chi connectivity index (χ2n) is 5.13. The van der Waals surface area contributed by atoms with E-state index in [1.165, 1.54) is 5.56 Å². The Hall–Kier alpha value is -1.35. The Morgan fingerprint density at radius 1 is 1.28 bits per heavy atom. The molecule has 0 spiro atoms. The van der Waals surface area contributed by atoms with Crippen molar-refractivity contribution >= 4 is 5.97 Å². The summed E-state index contributed by atoms with van der Waals surface area (Å²) in [5.74, 6) is -0.229. The molecule has 0 heterocycles. The van der Waals surface area contributed by atoms with Crippen LogP contribution in [0, 0.1) is 5.92 Å². The fourth-order valence-corrected chi connectivity index (χ4v) is 2.19. The molecule has 0 radical (unpaired) electrons. The minimum Gasteiger partial charge on any atom is -0.481 e. The van der Waals surface area contributed by atoms with Gasteiger partial charge in [0.1, 0.15) is 0 Å². The van der Waals surface area contributed by atoms with E-state index >= 15 is 0 Å². The molecular weight excluding hydrogens is 226 g/mol. The smallest absolute Gasteiger partial charge is 0.304 e. The molecule has 3 nitrogen and oxygen atoms in total. The van der Waals surface area contributed by atoms with E-state index in [2.05, 4.69) is 30.9 Å². The van der Waals surface area contributed by atoms with E-state index in [0.717, 1.165) is 6.42 Å². The lowest BCUT2D eigenvalue weighted by atomic mass is 9.95. The molecule has 0 aliphatic heterocycles. The van der Waals surface area contributed by atoms with Crippen molar-refractivity contribution in [3.63, 3.8) is 0 Å². The summed E-state index contributed by atoms with van der Waals surface area (Å²) in [5, 5.41) is 8.75. The average molecular weight is 249 g/mol. The van der Waals surface area contributed by atoms with E-state index in [0.29, 0.717) is 18.5 Å². The van der Waals surface area contributed by atoms with Crippen LogP contribution in [0.2, 0.25) is 0 Å². The molecule has 0 aromatic heterocycles. The van der Waals surface area contributed by atoms with Gasteiger partial charge in [0.25, 0.3) is 0 Å². The predicted molar refractivity (Wildman–Crippen MR) is 73.7 cm³/mol. The number of nitrogens with zero attached hydrogens (tertiary/aromatic N) is 1. The minimum atomic E-state index is -0.732. The van der Waals surface area contributed by atoms with Crippen molar-refractivity contribution < 1.29 is 9.90 Å². The molecule has 18 heavy (non-hydrogen) atoms. The molecule has 0 aliphatic rings. The highest BCUT2D eigenvalue weighted by Crippen LogP contribution is 2.15. The Morgan fingerprint density at radius 2 is 1.89 bits per heavy atom. The molecule has 1 atom stereocenters.